The van der Waals surface area contributed by atoms with E-state index in [-0.39, 0.29) is 5.91 Å². The third-order valence-corrected chi connectivity index (χ3v) is 3.54. The molecule has 0 spiro atoms. The summed E-state index contributed by atoms with van der Waals surface area (Å²) < 4.78 is 13.0. The van der Waals surface area contributed by atoms with Gasteiger partial charge >= 0.3 is 0 Å². The Balaban J connectivity index is 1.96. The summed E-state index contributed by atoms with van der Waals surface area (Å²) in [6, 6.07) is 7.52. The molecule has 1 amide bonds. The Kier molecular flexibility index (Phi) is 6.66. The van der Waals surface area contributed by atoms with Crippen molar-refractivity contribution < 1.29 is 14.3 Å². The summed E-state index contributed by atoms with van der Waals surface area (Å²) in [6.07, 6.45) is 2.04. The van der Waals surface area contributed by atoms with E-state index in [9.17, 15) is 4.79 Å². The first-order chi connectivity index (χ1) is 11.7. The smallest absolute Gasteiger partial charge is 0.224 e. The Morgan fingerprint density at radius 3 is 2.58 bits per heavy atom. The molecule has 1 aromatic carbocycles. The molecule has 0 unspecified atom stereocenters. The highest BCUT2D eigenvalue weighted by Crippen LogP contribution is 2.28. The van der Waals surface area contributed by atoms with Gasteiger partial charge in [-0.05, 0) is 44.5 Å². The summed E-state index contributed by atoms with van der Waals surface area (Å²) in [5.74, 6) is 1.34. The fourth-order valence-electron chi connectivity index (χ4n) is 2.44. The predicted molar refractivity (Wildman–Crippen MR) is 92.2 cm³/mol. The zero-order chi connectivity index (χ0) is 17.4. The van der Waals surface area contributed by atoms with E-state index in [2.05, 4.69) is 10.4 Å². The number of hydrogen-bond acceptors (Lipinski definition) is 4. The van der Waals surface area contributed by atoms with Crippen LogP contribution in [0.3, 0.4) is 0 Å². The molecule has 0 aliphatic rings. The molecule has 1 N–H and O–H groups in total. The molecule has 0 saturated carbocycles. The van der Waals surface area contributed by atoms with Gasteiger partial charge in [0.25, 0.3) is 0 Å². The molecule has 1 aromatic heterocycles. The van der Waals surface area contributed by atoms with Gasteiger partial charge in [0.15, 0.2) is 11.5 Å². The highest BCUT2D eigenvalue weighted by atomic mass is 16.5. The zero-order valence-corrected chi connectivity index (χ0v) is 14.5. The number of rotatable bonds is 9. The van der Waals surface area contributed by atoms with Crippen molar-refractivity contribution >= 4 is 5.91 Å². The minimum absolute atomic E-state index is 0.0366. The lowest BCUT2D eigenvalue weighted by Gasteiger charge is -2.12. The number of amides is 1. The molecular formula is C18H25N3O3. The van der Waals surface area contributed by atoms with Crippen molar-refractivity contribution in [3.63, 3.8) is 0 Å². The fraction of sp³-hybridized carbons (Fsp3) is 0.444. The Morgan fingerprint density at radius 1 is 1.12 bits per heavy atom. The predicted octanol–water partition coefficient (Wildman–Crippen LogP) is 2.56. The van der Waals surface area contributed by atoms with Crippen LogP contribution in [0.4, 0.5) is 0 Å². The molecule has 2 rings (SSSR count). The summed E-state index contributed by atoms with van der Waals surface area (Å²) in [5, 5.41) is 7.12. The lowest BCUT2D eigenvalue weighted by atomic mass is 10.1. The molecule has 0 aliphatic carbocycles. The number of benzene rings is 1. The number of aryl methyl sites for hydroxylation is 1. The largest absolute Gasteiger partial charge is 0.490 e. The van der Waals surface area contributed by atoms with E-state index in [0.29, 0.717) is 37.7 Å². The van der Waals surface area contributed by atoms with Gasteiger partial charge in [-0.2, -0.15) is 5.10 Å². The molecule has 0 fully saturated rings. The molecule has 0 aliphatic heterocycles. The Morgan fingerprint density at radius 2 is 1.88 bits per heavy atom. The second kappa shape index (κ2) is 8.96. The number of carbonyl (C=O) groups excluding carboxylic acids is 1. The fourth-order valence-corrected chi connectivity index (χ4v) is 2.44. The van der Waals surface area contributed by atoms with Crippen LogP contribution in [0.1, 0.15) is 32.0 Å². The molecular weight excluding hydrogens is 306 g/mol. The average Bonchev–Trinajstić information content (AvgIpc) is 3.03. The van der Waals surface area contributed by atoms with Crippen LogP contribution in [0.15, 0.2) is 30.5 Å². The number of hydrogen-bond donors (Lipinski definition) is 1. The normalized spacial score (nSPS) is 10.5. The molecule has 24 heavy (non-hydrogen) atoms. The minimum atomic E-state index is -0.0366. The summed E-state index contributed by atoms with van der Waals surface area (Å²) in [5.41, 5.74) is 1.89. The van der Waals surface area contributed by atoms with Crippen LogP contribution in [0, 0.1) is 0 Å². The van der Waals surface area contributed by atoms with E-state index >= 15 is 0 Å². The van der Waals surface area contributed by atoms with E-state index in [0.717, 1.165) is 17.8 Å². The highest BCUT2D eigenvalue weighted by Gasteiger charge is 2.10. The van der Waals surface area contributed by atoms with Gasteiger partial charge in [-0.15, -0.1) is 0 Å². The number of aromatic nitrogens is 2. The maximum atomic E-state index is 12.2. The Labute approximate surface area is 142 Å². The molecule has 0 radical (unpaired) electrons. The lowest BCUT2D eigenvalue weighted by Crippen LogP contribution is -2.26. The molecule has 6 nitrogen and oxygen atoms in total. The molecule has 0 bridgehead atoms. The first-order valence-corrected chi connectivity index (χ1v) is 8.33. The minimum Gasteiger partial charge on any atom is -0.490 e. The van der Waals surface area contributed by atoms with Crippen LogP contribution in [0.25, 0.3) is 0 Å². The number of carbonyl (C=O) groups is 1. The third kappa shape index (κ3) is 4.75. The standard InChI is InChI=1S/C18H25N3O3/c1-4-21-15(9-10-20-21)13-19-18(22)12-14-7-8-16(23-5-2)17(11-14)24-6-3/h7-11H,4-6,12-13H2,1-3H3,(H,19,22). The van der Waals surface area contributed by atoms with Gasteiger partial charge in [-0.1, -0.05) is 6.07 Å². The van der Waals surface area contributed by atoms with Crippen LogP contribution in [0.5, 0.6) is 11.5 Å². The number of ether oxygens (including phenoxy) is 2. The van der Waals surface area contributed by atoms with Crippen LogP contribution in [0.2, 0.25) is 0 Å². The van der Waals surface area contributed by atoms with E-state index in [1.165, 1.54) is 0 Å². The van der Waals surface area contributed by atoms with Crippen molar-refractivity contribution in [2.75, 3.05) is 13.2 Å². The van der Waals surface area contributed by atoms with Crippen LogP contribution < -0.4 is 14.8 Å². The second-order valence-corrected chi connectivity index (χ2v) is 5.24. The molecule has 0 atom stereocenters. The third-order valence-electron chi connectivity index (χ3n) is 3.54. The van der Waals surface area contributed by atoms with Gasteiger partial charge in [-0.25, -0.2) is 0 Å². The van der Waals surface area contributed by atoms with Crippen molar-refractivity contribution in [1.29, 1.82) is 0 Å². The van der Waals surface area contributed by atoms with Gasteiger partial charge < -0.3 is 14.8 Å². The topological polar surface area (TPSA) is 65.4 Å². The second-order valence-electron chi connectivity index (χ2n) is 5.24. The van der Waals surface area contributed by atoms with Gasteiger partial charge in [0.1, 0.15) is 0 Å². The van der Waals surface area contributed by atoms with Gasteiger partial charge in [-0.3, -0.25) is 9.48 Å². The van der Waals surface area contributed by atoms with E-state index < -0.39 is 0 Å². The average molecular weight is 331 g/mol. The Bertz CT molecular complexity index is 667. The number of nitrogens with zero attached hydrogens (tertiary/aromatic N) is 2. The SMILES string of the molecule is CCOc1ccc(CC(=O)NCc2ccnn2CC)cc1OCC. The molecule has 2 aromatic rings. The van der Waals surface area contributed by atoms with Crippen molar-refractivity contribution in [3.05, 3.63) is 41.7 Å². The zero-order valence-electron chi connectivity index (χ0n) is 14.5. The summed E-state index contributed by atoms with van der Waals surface area (Å²) in [6.45, 7) is 8.26. The summed E-state index contributed by atoms with van der Waals surface area (Å²) in [7, 11) is 0. The monoisotopic (exact) mass is 331 g/mol. The van der Waals surface area contributed by atoms with Crippen molar-refractivity contribution in [2.45, 2.75) is 40.3 Å². The lowest BCUT2D eigenvalue weighted by molar-refractivity contribution is -0.120. The van der Waals surface area contributed by atoms with Crippen molar-refractivity contribution in [3.8, 4) is 11.5 Å². The molecule has 0 saturated heterocycles. The van der Waals surface area contributed by atoms with Gasteiger partial charge in [0.05, 0.1) is 31.9 Å². The van der Waals surface area contributed by atoms with Crippen molar-refractivity contribution in [1.82, 2.24) is 15.1 Å². The first kappa shape index (κ1) is 17.8. The van der Waals surface area contributed by atoms with E-state index in [4.69, 9.17) is 9.47 Å². The first-order valence-electron chi connectivity index (χ1n) is 8.33. The van der Waals surface area contributed by atoms with Gasteiger partial charge in [0.2, 0.25) is 5.91 Å². The molecule has 130 valence electrons. The van der Waals surface area contributed by atoms with E-state index in [1.54, 1.807) is 6.20 Å². The molecule has 6 heteroatoms. The Hall–Kier alpha value is -2.50. The van der Waals surface area contributed by atoms with E-state index in [1.807, 2.05) is 49.7 Å². The van der Waals surface area contributed by atoms with Gasteiger partial charge in [0, 0.05) is 12.7 Å². The van der Waals surface area contributed by atoms with Crippen molar-refractivity contribution in [2.24, 2.45) is 0 Å². The van der Waals surface area contributed by atoms with Crippen LogP contribution in [-0.2, 0) is 24.3 Å². The number of nitrogens with one attached hydrogen (secondary N) is 1. The maximum absolute atomic E-state index is 12.2. The van der Waals surface area contributed by atoms with Crippen LogP contribution in [-0.4, -0.2) is 28.9 Å². The highest BCUT2D eigenvalue weighted by molar-refractivity contribution is 5.78. The summed E-state index contributed by atoms with van der Waals surface area (Å²) >= 11 is 0. The molecule has 1 heterocycles. The van der Waals surface area contributed by atoms with Crippen LogP contribution >= 0.6 is 0 Å². The quantitative estimate of drug-likeness (QED) is 0.767. The maximum Gasteiger partial charge on any atom is 0.224 e. The summed E-state index contributed by atoms with van der Waals surface area (Å²) in [4.78, 5) is 12.2.